The summed E-state index contributed by atoms with van der Waals surface area (Å²) in [5.41, 5.74) is 7.62. The monoisotopic (exact) mass is 230 g/mol. The molecule has 0 fully saturated rings. The van der Waals surface area contributed by atoms with Gasteiger partial charge >= 0.3 is 0 Å². The molecule has 0 aliphatic carbocycles. The minimum atomic E-state index is -0.169. The second kappa shape index (κ2) is 4.34. The van der Waals surface area contributed by atoms with Crippen LogP contribution < -0.4 is 5.73 Å². The fourth-order valence-electron chi connectivity index (χ4n) is 1.58. The maximum atomic E-state index is 5.92. The highest BCUT2D eigenvalue weighted by atomic mass is 16.5. The molecule has 1 aromatic carbocycles. The van der Waals surface area contributed by atoms with Gasteiger partial charge in [0.15, 0.2) is 0 Å². The molecule has 0 unspecified atom stereocenters. The van der Waals surface area contributed by atoms with E-state index in [1.54, 1.807) is 0 Å². The number of ether oxygens (including phenoxy) is 1. The first-order chi connectivity index (χ1) is 7.96. The van der Waals surface area contributed by atoms with Crippen molar-refractivity contribution in [3.63, 3.8) is 0 Å². The molecule has 3 nitrogen and oxygen atoms in total. The number of hydrogen-bond acceptors (Lipinski definition) is 3. The summed E-state index contributed by atoms with van der Waals surface area (Å²) >= 11 is 0. The van der Waals surface area contributed by atoms with Gasteiger partial charge in [0, 0.05) is 10.9 Å². The van der Waals surface area contributed by atoms with Crippen LogP contribution in [0.2, 0.25) is 0 Å². The maximum absolute atomic E-state index is 5.92. The van der Waals surface area contributed by atoms with E-state index in [2.05, 4.69) is 4.98 Å². The number of benzene rings is 1. The number of nitrogens with zero attached hydrogens (tertiary/aromatic N) is 1. The van der Waals surface area contributed by atoms with E-state index in [0.29, 0.717) is 12.4 Å². The molecule has 3 heteroatoms. The molecule has 0 spiro atoms. The van der Waals surface area contributed by atoms with Gasteiger partial charge in [0.1, 0.15) is 5.82 Å². The number of anilines is 1. The first-order valence-corrected chi connectivity index (χ1v) is 5.74. The van der Waals surface area contributed by atoms with E-state index in [4.69, 9.17) is 10.5 Å². The topological polar surface area (TPSA) is 48.1 Å². The first kappa shape index (κ1) is 11.9. The smallest absolute Gasteiger partial charge is 0.129 e. The highest BCUT2D eigenvalue weighted by Gasteiger charge is 2.12. The van der Waals surface area contributed by atoms with Crippen LogP contribution in [0.1, 0.15) is 26.3 Å². The largest absolute Gasteiger partial charge is 0.383 e. The molecule has 0 saturated heterocycles. The van der Waals surface area contributed by atoms with Crippen LogP contribution in [0.3, 0.4) is 0 Å². The van der Waals surface area contributed by atoms with Crippen LogP contribution in [0.5, 0.6) is 0 Å². The number of hydrogen-bond donors (Lipinski definition) is 1. The molecule has 2 aromatic rings. The number of rotatable bonds is 2. The van der Waals surface area contributed by atoms with Gasteiger partial charge in [-0.3, -0.25) is 0 Å². The van der Waals surface area contributed by atoms with Crippen LogP contribution >= 0.6 is 0 Å². The van der Waals surface area contributed by atoms with Gasteiger partial charge in [0.2, 0.25) is 0 Å². The van der Waals surface area contributed by atoms with Crippen molar-refractivity contribution in [1.82, 2.24) is 4.98 Å². The zero-order chi connectivity index (χ0) is 12.5. The van der Waals surface area contributed by atoms with Gasteiger partial charge in [-0.15, -0.1) is 0 Å². The molecule has 90 valence electrons. The summed E-state index contributed by atoms with van der Waals surface area (Å²) in [5, 5.41) is 1.09. The lowest BCUT2D eigenvalue weighted by molar-refractivity contribution is -0.0147. The molecule has 1 heterocycles. The van der Waals surface area contributed by atoms with Gasteiger partial charge in [-0.25, -0.2) is 4.98 Å². The molecule has 17 heavy (non-hydrogen) atoms. The lowest BCUT2D eigenvalue weighted by Crippen LogP contribution is -2.19. The summed E-state index contributed by atoms with van der Waals surface area (Å²) in [4.78, 5) is 4.37. The van der Waals surface area contributed by atoms with Crippen molar-refractivity contribution in [3.05, 3.63) is 35.9 Å². The number of nitrogens with two attached hydrogens (primary N) is 1. The van der Waals surface area contributed by atoms with Crippen LogP contribution in [0.4, 0.5) is 5.82 Å². The Bertz CT molecular complexity index is 529. The van der Waals surface area contributed by atoms with Crippen LogP contribution in [-0.2, 0) is 11.3 Å². The molecule has 0 atom stereocenters. The van der Waals surface area contributed by atoms with E-state index in [0.717, 1.165) is 16.5 Å². The molecule has 0 bridgehead atoms. The van der Waals surface area contributed by atoms with Crippen molar-refractivity contribution in [1.29, 1.82) is 0 Å². The van der Waals surface area contributed by atoms with E-state index >= 15 is 0 Å². The average molecular weight is 230 g/mol. The summed E-state index contributed by atoms with van der Waals surface area (Å²) in [7, 11) is 0. The third-order valence-corrected chi connectivity index (χ3v) is 2.50. The Morgan fingerprint density at radius 1 is 1.24 bits per heavy atom. The quantitative estimate of drug-likeness (QED) is 0.862. The van der Waals surface area contributed by atoms with E-state index in [9.17, 15) is 0 Å². The van der Waals surface area contributed by atoms with Crippen molar-refractivity contribution < 1.29 is 4.74 Å². The van der Waals surface area contributed by atoms with E-state index in [-0.39, 0.29) is 5.60 Å². The number of pyridine rings is 1. The molecule has 0 aliphatic rings. The van der Waals surface area contributed by atoms with Crippen molar-refractivity contribution in [2.24, 2.45) is 0 Å². The third-order valence-electron chi connectivity index (χ3n) is 2.50. The Hall–Kier alpha value is -1.61. The summed E-state index contributed by atoms with van der Waals surface area (Å²) in [6.07, 6.45) is 0. The lowest BCUT2D eigenvalue weighted by atomic mass is 10.1. The van der Waals surface area contributed by atoms with Gasteiger partial charge in [-0.1, -0.05) is 18.2 Å². The minimum absolute atomic E-state index is 0.169. The van der Waals surface area contributed by atoms with Crippen molar-refractivity contribution >= 4 is 16.7 Å². The predicted octanol–water partition coefficient (Wildman–Crippen LogP) is 3.13. The predicted molar refractivity (Wildman–Crippen MR) is 70.7 cm³/mol. The summed E-state index contributed by atoms with van der Waals surface area (Å²) in [6, 6.07) is 9.99. The van der Waals surface area contributed by atoms with E-state index in [1.807, 2.05) is 51.1 Å². The number of nitrogen functional groups attached to an aromatic ring is 1. The molecule has 1 aromatic heterocycles. The Kier molecular flexibility index (Phi) is 3.03. The Balaban J connectivity index is 2.31. The van der Waals surface area contributed by atoms with Crippen molar-refractivity contribution in [3.8, 4) is 0 Å². The van der Waals surface area contributed by atoms with Gasteiger partial charge in [-0.2, -0.15) is 0 Å². The second-order valence-electron chi connectivity index (χ2n) is 5.13. The Labute approximate surface area is 102 Å². The van der Waals surface area contributed by atoms with Gasteiger partial charge in [0.05, 0.1) is 17.7 Å². The van der Waals surface area contributed by atoms with Crippen LogP contribution in [-0.4, -0.2) is 10.6 Å². The summed E-state index contributed by atoms with van der Waals surface area (Å²) in [5.74, 6) is 0.549. The number of fused-ring (bicyclic) bond motifs is 1. The zero-order valence-corrected chi connectivity index (χ0v) is 10.5. The Morgan fingerprint density at radius 3 is 2.65 bits per heavy atom. The van der Waals surface area contributed by atoms with Crippen molar-refractivity contribution in [2.45, 2.75) is 33.0 Å². The van der Waals surface area contributed by atoms with E-state index in [1.165, 1.54) is 0 Å². The fraction of sp³-hybridized carbons (Fsp3) is 0.357. The fourth-order valence-corrected chi connectivity index (χ4v) is 1.58. The first-order valence-electron chi connectivity index (χ1n) is 5.74. The standard InChI is InChI=1S/C14H18N2O/c1-14(2,3)17-9-11-8-10-6-4-5-7-12(10)16-13(11)15/h4-8H,9H2,1-3H3,(H2,15,16). The summed E-state index contributed by atoms with van der Waals surface area (Å²) in [6.45, 7) is 6.57. The molecule has 0 saturated carbocycles. The molecule has 2 N–H and O–H groups in total. The zero-order valence-electron chi connectivity index (χ0n) is 10.5. The van der Waals surface area contributed by atoms with Crippen LogP contribution in [0.15, 0.2) is 30.3 Å². The molecule has 0 amide bonds. The van der Waals surface area contributed by atoms with E-state index < -0.39 is 0 Å². The Morgan fingerprint density at radius 2 is 1.94 bits per heavy atom. The second-order valence-corrected chi connectivity index (χ2v) is 5.13. The van der Waals surface area contributed by atoms with Crippen LogP contribution in [0, 0.1) is 0 Å². The lowest BCUT2D eigenvalue weighted by Gasteiger charge is -2.20. The summed E-state index contributed by atoms with van der Waals surface area (Å²) < 4.78 is 5.73. The molecule has 0 radical (unpaired) electrons. The number of aromatic nitrogens is 1. The average Bonchev–Trinajstić information content (AvgIpc) is 2.25. The minimum Gasteiger partial charge on any atom is -0.383 e. The molecular weight excluding hydrogens is 212 g/mol. The van der Waals surface area contributed by atoms with Gasteiger partial charge in [0.25, 0.3) is 0 Å². The highest BCUT2D eigenvalue weighted by Crippen LogP contribution is 2.20. The van der Waals surface area contributed by atoms with Crippen molar-refractivity contribution in [2.75, 3.05) is 5.73 Å². The van der Waals surface area contributed by atoms with Crippen LogP contribution in [0.25, 0.3) is 10.9 Å². The highest BCUT2D eigenvalue weighted by molar-refractivity contribution is 5.81. The normalized spacial score (nSPS) is 11.9. The molecule has 2 rings (SSSR count). The third kappa shape index (κ3) is 2.94. The maximum Gasteiger partial charge on any atom is 0.129 e. The SMILES string of the molecule is CC(C)(C)OCc1cc2ccccc2nc1N. The van der Waals surface area contributed by atoms with Gasteiger partial charge < -0.3 is 10.5 Å². The van der Waals surface area contributed by atoms with Gasteiger partial charge in [-0.05, 0) is 32.9 Å². The molecule has 0 aliphatic heterocycles. The molecular formula is C14H18N2O. The number of para-hydroxylation sites is 1.